The molecule has 0 aliphatic carbocycles. The number of carbonyl (C=O) groups excluding carboxylic acids is 2. The number of pyridine rings is 1. The van der Waals surface area contributed by atoms with Gasteiger partial charge in [-0.3, -0.25) is 24.1 Å². The molecule has 4 rings (SSSR count). The van der Waals surface area contributed by atoms with Gasteiger partial charge in [0.25, 0.3) is 11.8 Å². The van der Waals surface area contributed by atoms with Gasteiger partial charge in [-0.05, 0) is 26.3 Å². The molecule has 2 aromatic rings. The van der Waals surface area contributed by atoms with E-state index in [0.29, 0.717) is 25.6 Å². The van der Waals surface area contributed by atoms with Crippen LogP contribution in [0.4, 0.5) is 8.78 Å². The third-order valence-electron chi connectivity index (χ3n) is 6.58. The van der Waals surface area contributed by atoms with Crippen molar-refractivity contribution in [1.82, 2.24) is 14.9 Å². The monoisotopic (exact) mass is 476 g/mol. The summed E-state index contributed by atoms with van der Waals surface area (Å²) in [5, 5.41) is 15.0. The molecule has 11 heteroatoms. The first-order valence-electron chi connectivity index (χ1n) is 11.0. The van der Waals surface area contributed by atoms with Crippen molar-refractivity contribution in [3.63, 3.8) is 0 Å². The predicted octanol–water partition coefficient (Wildman–Crippen LogP) is 1.56. The molecule has 0 unspecified atom stereocenters. The van der Waals surface area contributed by atoms with E-state index in [1.54, 1.807) is 12.0 Å². The maximum atomic E-state index is 13.9. The Balaban J connectivity index is 1.72. The molecule has 34 heavy (non-hydrogen) atoms. The van der Waals surface area contributed by atoms with Crippen LogP contribution >= 0.6 is 0 Å². The van der Waals surface area contributed by atoms with E-state index in [4.69, 9.17) is 4.74 Å². The van der Waals surface area contributed by atoms with Crippen molar-refractivity contribution in [2.24, 2.45) is 5.92 Å². The van der Waals surface area contributed by atoms with Gasteiger partial charge in [-0.25, -0.2) is 8.78 Å². The molecule has 2 aliphatic heterocycles. The summed E-state index contributed by atoms with van der Waals surface area (Å²) in [4.78, 5) is 40.4. The van der Waals surface area contributed by atoms with E-state index < -0.39 is 40.2 Å². The summed E-state index contributed by atoms with van der Waals surface area (Å²) in [6, 6.07) is 2.81. The average molecular weight is 476 g/mol. The summed E-state index contributed by atoms with van der Waals surface area (Å²) < 4.78 is 33.7. The smallest absolute Gasteiger partial charge is 0.278 e. The van der Waals surface area contributed by atoms with E-state index in [2.05, 4.69) is 5.32 Å². The number of fused-ring (bicyclic) bond motifs is 3. The van der Waals surface area contributed by atoms with Gasteiger partial charge in [0.05, 0.1) is 12.6 Å². The number of aromatic hydroxyl groups is 1. The first kappa shape index (κ1) is 23.7. The number of hydrogen-bond acceptors (Lipinski definition) is 6. The molecule has 1 fully saturated rings. The summed E-state index contributed by atoms with van der Waals surface area (Å²) in [6.07, 6.45) is 1.51. The van der Waals surface area contributed by atoms with Crippen LogP contribution in [0.5, 0.6) is 5.75 Å². The summed E-state index contributed by atoms with van der Waals surface area (Å²) >= 11 is 0. The first-order valence-corrected chi connectivity index (χ1v) is 11.0. The summed E-state index contributed by atoms with van der Waals surface area (Å²) in [5.41, 5.74) is -1.59. The number of hydrogen-bond donors (Lipinski definition) is 2. The number of nitrogens with zero attached hydrogens (tertiary/aromatic N) is 3. The molecule has 1 aromatic heterocycles. The molecule has 2 aliphatic rings. The largest absolute Gasteiger partial charge is 0.502 e. The van der Waals surface area contributed by atoms with Crippen LogP contribution in [-0.4, -0.2) is 59.0 Å². The van der Waals surface area contributed by atoms with E-state index in [9.17, 15) is 28.3 Å². The van der Waals surface area contributed by atoms with Crippen molar-refractivity contribution in [1.29, 1.82) is 0 Å². The Labute approximate surface area is 194 Å². The lowest BCUT2D eigenvalue weighted by Gasteiger charge is -2.44. The molecular formula is C23H26F2N4O5. The zero-order valence-electron chi connectivity index (χ0n) is 19.0. The second kappa shape index (κ2) is 9.05. The quantitative estimate of drug-likeness (QED) is 0.656. The van der Waals surface area contributed by atoms with Gasteiger partial charge in [-0.15, -0.1) is 0 Å². The van der Waals surface area contributed by atoms with Gasteiger partial charge < -0.3 is 20.1 Å². The lowest BCUT2D eigenvalue weighted by atomic mass is 10.0. The molecule has 0 spiro atoms. The fourth-order valence-corrected chi connectivity index (χ4v) is 4.79. The number of nitrogens with one attached hydrogen (secondary N) is 1. The number of methoxy groups -OCH3 is 1. The van der Waals surface area contributed by atoms with Gasteiger partial charge in [-0.1, -0.05) is 6.07 Å². The lowest BCUT2D eigenvalue weighted by Crippen LogP contribution is -2.60. The van der Waals surface area contributed by atoms with Gasteiger partial charge in [0.15, 0.2) is 11.4 Å². The van der Waals surface area contributed by atoms with E-state index >= 15 is 0 Å². The topological polar surface area (TPSA) is 104 Å². The van der Waals surface area contributed by atoms with Gasteiger partial charge in [-0.2, -0.15) is 0 Å². The highest BCUT2D eigenvalue weighted by atomic mass is 19.1. The van der Waals surface area contributed by atoms with Gasteiger partial charge in [0.2, 0.25) is 5.43 Å². The molecule has 9 nitrogen and oxygen atoms in total. The second-order valence-corrected chi connectivity index (χ2v) is 8.48. The zero-order valence-corrected chi connectivity index (χ0v) is 19.0. The van der Waals surface area contributed by atoms with Gasteiger partial charge in [0.1, 0.15) is 23.4 Å². The maximum absolute atomic E-state index is 13.9. The number of benzene rings is 1. The Bertz CT molecular complexity index is 1200. The van der Waals surface area contributed by atoms with Crippen molar-refractivity contribution >= 4 is 11.8 Å². The first-order chi connectivity index (χ1) is 16.2. The lowest BCUT2D eigenvalue weighted by molar-refractivity contribution is 0.0595. The third kappa shape index (κ3) is 3.79. The molecule has 3 atom stereocenters. The molecule has 0 radical (unpaired) electrons. The number of carbonyl (C=O) groups is 2. The van der Waals surface area contributed by atoms with Crippen LogP contribution in [0.1, 0.15) is 46.7 Å². The number of aromatic nitrogens is 1. The highest BCUT2D eigenvalue weighted by molar-refractivity contribution is 5.99. The minimum absolute atomic E-state index is 0.0291. The number of amides is 2. The maximum Gasteiger partial charge on any atom is 0.278 e. The Morgan fingerprint density at radius 3 is 2.68 bits per heavy atom. The van der Waals surface area contributed by atoms with Crippen LogP contribution in [0.25, 0.3) is 0 Å². The minimum Gasteiger partial charge on any atom is -0.502 e. The van der Waals surface area contributed by atoms with Crippen LogP contribution in [0.3, 0.4) is 0 Å². The van der Waals surface area contributed by atoms with E-state index in [1.165, 1.54) is 16.9 Å². The molecule has 2 N–H and O–H groups in total. The Kier molecular flexibility index (Phi) is 6.30. The molecule has 182 valence electrons. The minimum atomic E-state index is -1.01. The predicted molar refractivity (Wildman–Crippen MR) is 118 cm³/mol. The molecule has 3 heterocycles. The van der Waals surface area contributed by atoms with Crippen molar-refractivity contribution in [3.8, 4) is 5.75 Å². The van der Waals surface area contributed by atoms with E-state index in [0.717, 1.165) is 6.07 Å². The molecule has 1 aromatic carbocycles. The molecular weight excluding hydrogens is 450 g/mol. The number of ether oxygens (including phenoxy) is 1. The summed E-state index contributed by atoms with van der Waals surface area (Å²) in [5.74, 6) is -3.72. The summed E-state index contributed by atoms with van der Waals surface area (Å²) in [7, 11) is 1.59. The number of halogens is 2. The molecule has 0 saturated carbocycles. The van der Waals surface area contributed by atoms with E-state index in [1.807, 2.05) is 18.9 Å². The standard InChI is InChI=1S/C23H26F2N4O5/c1-4-27-18-7-14(11-34-3)12(2)29(18)28-10-16(20(30)21(31)19(28)23(27)33)22(32)26-9-13-5-6-15(24)8-17(13)25/h5-6,8,10,12,14,18,31H,4,7,9,11H2,1-3H3,(H,26,32)/t12-,14+,18-/m0/s1. The van der Waals surface area contributed by atoms with Gasteiger partial charge >= 0.3 is 0 Å². The van der Waals surface area contributed by atoms with Crippen LogP contribution in [-0.2, 0) is 11.3 Å². The van der Waals surface area contributed by atoms with Crippen LogP contribution < -0.4 is 15.8 Å². The Morgan fingerprint density at radius 1 is 1.29 bits per heavy atom. The van der Waals surface area contributed by atoms with Crippen molar-refractivity contribution < 1.29 is 28.2 Å². The SMILES string of the molecule is CCN1C(=O)c2c(O)c(=O)c(C(=O)NCc3ccc(F)cc3F)cn2N2[C@@H](C)[C@@H](COC)C[C@@H]12. The molecule has 1 saturated heterocycles. The fourth-order valence-electron chi connectivity index (χ4n) is 4.79. The van der Waals surface area contributed by atoms with Gasteiger partial charge in [0, 0.05) is 43.9 Å². The van der Waals surface area contributed by atoms with Crippen molar-refractivity contribution in [2.45, 2.75) is 39.0 Å². The summed E-state index contributed by atoms with van der Waals surface area (Å²) in [6.45, 7) is 4.28. The van der Waals surface area contributed by atoms with Crippen molar-refractivity contribution in [3.05, 3.63) is 63.1 Å². The Hall–Kier alpha value is -3.47. The van der Waals surface area contributed by atoms with Crippen molar-refractivity contribution in [2.75, 3.05) is 25.3 Å². The van der Waals surface area contributed by atoms with Crippen LogP contribution in [0, 0.1) is 17.6 Å². The fraction of sp³-hybridized carbons (Fsp3) is 0.435. The highest BCUT2D eigenvalue weighted by Gasteiger charge is 2.48. The molecule has 2 amide bonds. The molecule has 0 bridgehead atoms. The highest BCUT2D eigenvalue weighted by Crippen LogP contribution is 2.36. The third-order valence-corrected chi connectivity index (χ3v) is 6.58. The average Bonchev–Trinajstić information content (AvgIpc) is 3.11. The van der Waals surface area contributed by atoms with Crippen LogP contribution in [0.15, 0.2) is 29.2 Å². The van der Waals surface area contributed by atoms with Crippen LogP contribution in [0.2, 0.25) is 0 Å². The Morgan fingerprint density at radius 2 is 2.03 bits per heavy atom. The second-order valence-electron chi connectivity index (χ2n) is 8.48. The van der Waals surface area contributed by atoms with E-state index in [-0.39, 0.29) is 35.9 Å². The zero-order chi connectivity index (χ0) is 24.7. The number of rotatable bonds is 6. The normalized spacial score (nSPS) is 21.4.